The molecule has 1 aliphatic heterocycles. The van der Waals surface area contributed by atoms with Crippen LogP contribution in [0.2, 0.25) is 0 Å². The molecule has 0 saturated heterocycles. The van der Waals surface area contributed by atoms with Crippen LogP contribution >= 0.6 is 0 Å². The molecule has 4 rings (SSSR count). The van der Waals surface area contributed by atoms with E-state index in [1.807, 2.05) is 0 Å². The lowest BCUT2D eigenvalue weighted by atomic mass is 10.2. The van der Waals surface area contributed by atoms with Crippen molar-refractivity contribution in [3.05, 3.63) is 46.1 Å². The summed E-state index contributed by atoms with van der Waals surface area (Å²) in [5, 5.41) is 9.99. The summed E-state index contributed by atoms with van der Waals surface area (Å²) in [6.07, 6.45) is 5.87. The van der Waals surface area contributed by atoms with Crippen LogP contribution in [0.4, 0.5) is 5.69 Å². The Morgan fingerprint density at radius 1 is 1.19 bits per heavy atom. The lowest BCUT2D eigenvalue weighted by Gasteiger charge is -2.08. The number of hydrogen-bond acceptors (Lipinski definition) is 4. The molecule has 0 radical (unpaired) electrons. The summed E-state index contributed by atoms with van der Waals surface area (Å²) in [7, 11) is 0. The average Bonchev–Trinajstić information content (AvgIpc) is 3.44. The Balaban J connectivity index is 1.42. The number of nitrogens with one attached hydrogen (secondary N) is 2. The van der Waals surface area contributed by atoms with Crippen molar-refractivity contribution in [3.63, 3.8) is 0 Å². The van der Waals surface area contributed by atoms with Crippen molar-refractivity contribution in [2.24, 2.45) is 0 Å². The van der Waals surface area contributed by atoms with Crippen molar-refractivity contribution in [3.8, 4) is 0 Å². The molecular weight excluding hydrogens is 346 g/mol. The number of carbonyl (C=O) groups excluding carboxylic acids is 2. The Kier molecular flexibility index (Phi) is 4.79. The van der Waals surface area contributed by atoms with Gasteiger partial charge in [-0.1, -0.05) is 12.5 Å². The van der Waals surface area contributed by atoms with Gasteiger partial charge >= 0.3 is 5.69 Å². The Labute approximate surface area is 156 Å². The van der Waals surface area contributed by atoms with Gasteiger partial charge in [0.25, 0.3) is 5.91 Å². The van der Waals surface area contributed by atoms with Crippen LogP contribution in [0.5, 0.6) is 0 Å². The fraction of sp³-hybridized carbons (Fsp3) is 0.474. The van der Waals surface area contributed by atoms with E-state index >= 15 is 0 Å². The highest BCUT2D eigenvalue weighted by Gasteiger charge is 2.24. The van der Waals surface area contributed by atoms with Crippen LogP contribution in [-0.4, -0.2) is 32.2 Å². The highest BCUT2D eigenvalue weighted by atomic mass is 16.2. The van der Waals surface area contributed by atoms with Crippen molar-refractivity contribution in [2.75, 3.05) is 5.32 Å². The van der Waals surface area contributed by atoms with Crippen LogP contribution in [0.25, 0.3) is 0 Å². The molecular formula is C19H23N5O3. The van der Waals surface area contributed by atoms with Gasteiger partial charge in [0, 0.05) is 30.3 Å². The predicted molar refractivity (Wildman–Crippen MR) is 99.6 cm³/mol. The van der Waals surface area contributed by atoms with Crippen LogP contribution < -0.4 is 16.3 Å². The minimum absolute atomic E-state index is 0.136. The van der Waals surface area contributed by atoms with E-state index in [4.69, 9.17) is 0 Å². The normalized spacial score (nSPS) is 16.3. The number of amides is 2. The van der Waals surface area contributed by atoms with Gasteiger partial charge in [0.05, 0.1) is 0 Å². The minimum atomic E-state index is -0.342. The van der Waals surface area contributed by atoms with Crippen LogP contribution in [-0.2, 0) is 24.3 Å². The van der Waals surface area contributed by atoms with Crippen molar-refractivity contribution in [2.45, 2.75) is 57.7 Å². The smallest absolute Gasteiger partial charge is 0.346 e. The van der Waals surface area contributed by atoms with Gasteiger partial charge in [0.1, 0.15) is 12.4 Å². The molecule has 2 aromatic rings. The third kappa shape index (κ3) is 4.10. The number of aryl methyl sites for hydroxylation is 1. The van der Waals surface area contributed by atoms with Crippen LogP contribution in [0.15, 0.2) is 29.1 Å². The molecule has 2 amide bonds. The zero-order chi connectivity index (χ0) is 18.8. The average molecular weight is 369 g/mol. The molecule has 8 heteroatoms. The summed E-state index contributed by atoms with van der Waals surface area (Å²) < 4.78 is 2.89. The molecule has 1 saturated carbocycles. The van der Waals surface area contributed by atoms with Crippen molar-refractivity contribution >= 4 is 17.5 Å². The van der Waals surface area contributed by atoms with E-state index in [9.17, 15) is 14.4 Å². The molecule has 0 atom stereocenters. The fourth-order valence-corrected chi connectivity index (χ4v) is 3.30. The number of benzene rings is 1. The topological polar surface area (TPSA) is 98.0 Å². The number of fused-ring (bicyclic) bond motifs is 1. The molecule has 8 nitrogen and oxygen atoms in total. The number of nitrogens with zero attached hydrogens (tertiary/aromatic N) is 3. The first-order valence-corrected chi connectivity index (χ1v) is 9.47. The number of anilines is 1. The van der Waals surface area contributed by atoms with Crippen LogP contribution in [0.3, 0.4) is 0 Å². The van der Waals surface area contributed by atoms with Crippen molar-refractivity contribution in [1.29, 1.82) is 0 Å². The Hall–Kier alpha value is -2.90. The second-order valence-electron chi connectivity index (χ2n) is 7.20. The van der Waals surface area contributed by atoms with E-state index < -0.39 is 0 Å². The molecule has 2 aliphatic rings. The third-order valence-electron chi connectivity index (χ3n) is 4.90. The van der Waals surface area contributed by atoms with E-state index in [1.165, 1.54) is 4.68 Å². The van der Waals surface area contributed by atoms with Crippen molar-refractivity contribution < 1.29 is 9.59 Å². The molecule has 1 fully saturated rings. The predicted octanol–water partition coefficient (Wildman–Crippen LogP) is 1.30. The maximum absolute atomic E-state index is 12.4. The number of carbonyl (C=O) groups is 2. The fourth-order valence-electron chi connectivity index (χ4n) is 3.30. The lowest BCUT2D eigenvalue weighted by Crippen LogP contribution is -2.30. The molecule has 1 aromatic carbocycles. The van der Waals surface area contributed by atoms with Gasteiger partial charge in [-0.25, -0.2) is 9.48 Å². The zero-order valence-corrected chi connectivity index (χ0v) is 15.1. The lowest BCUT2D eigenvalue weighted by molar-refractivity contribution is -0.117. The summed E-state index contributed by atoms with van der Waals surface area (Å²) >= 11 is 0. The molecule has 0 spiro atoms. The van der Waals surface area contributed by atoms with E-state index in [2.05, 4.69) is 15.7 Å². The van der Waals surface area contributed by atoms with Gasteiger partial charge in [0.2, 0.25) is 5.91 Å². The molecule has 27 heavy (non-hydrogen) atoms. The van der Waals surface area contributed by atoms with Gasteiger partial charge < -0.3 is 10.6 Å². The molecule has 142 valence electrons. The second-order valence-corrected chi connectivity index (χ2v) is 7.20. The monoisotopic (exact) mass is 369 g/mol. The molecule has 1 aromatic heterocycles. The minimum Gasteiger partial charge on any atom is -0.349 e. The highest BCUT2D eigenvalue weighted by molar-refractivity contribution is 5.97. The summed E-state index contributed by atoms with van der Waals surface area (Å²) in [4.78, 5) is 36.9. The first kappa shape index (κ1) is 17.5. The quantitative estimate of drug-likeness (QED) is 0.830. The van der Waals surface area contributed by atoms with Gasteiger partial charge in [-0.3, -0.25) is 14.2 Å². The Morgan fingerprint density at radius 3 is 2.85 bits per heavy atom. The van der Waals surface area contributed by atoms with Crippen LogP contribution in [0, 0.1) is 0 Å². The molecule has 0 unspecified atom stereocenters. The van der Waals surface area contributed by atoms with E-state index in [-0.39, 0.29) is 30.1 Å². The largest absolute Gasteiger partial charge is 0.349 e. The second kappa shape index (κ2) is 7.38. The third-order valence-corrected chi connectivity index (χ3v) is 4.90. The maximum atomic E-state index is 12.4. The van der Waals surface area contributed by atoms with Gasteiger partial charge in [0.15, 0.2) is 0 Å². The van der Waals surface area contributed by atoms with E-state index in [0.717, 1.165) is 44.3 Å². The summed E-state index contributed by atoms with van der Waals surface area (Å²) in [5.74, 6) is 0.275. The number of hydrogen-bond donors (Lipinski definition) is 2. The molecule has 1 aliphatic carbocycles. The summed E-state index contributed by atoms with van der Waals surface area (Å²) in [6.45, 7) is 0.519. The molecule has 2 heterocycles. The maximum Gasteiger partial charge on any atom is 0.346 e. The molecule has 2 N–H and O–H groups in total. The van der Waals surface area contributed by atoms with E-state index in [0.29, 0.717) is 17.8 Å². The van der Waals surface area contributed by atoms with Gasteiger partial charge in [-0.15, -0.1) is 0 Å². The number of rotatable bonds is 5. The summed E-state index contributed by atoms with van der Waals surface area (Å²) in [5.41, 5.74) is 0.794. The first-order valence-electron chi connectivity index (χ1n) is 9.47. The SMILES string of the molecule is O=C(Cn1nc2n(c1=O)CCCCC2)Nc1cccc(C(=O)NC2CC2)c1. The number of aromatic nitrogens is 3. The van der Waals surface area contributed by atoms with Gasteiger partial charge in [-0.2, -0.15) is 5.10 Å². The summed E-state index contributed by atoms with van der Waals surface area (Å²) in [6, 6.07) is 7.07. The van der Waals surface area contributed by atoms with Crippen molar-refractivity contribution in [1.82, 2.24) is 19.7 Å². The zero-order valence-electron chi connectivity index (χ0n) is 15.1. The Bertz CT molecular complexity index is 926. The Morgan fingerprint density at radius 2 is 2.04 bits per heavy atom. The standard InChI is InChI=1S/C19H23N5O3/c25-17(12-24-19(27)23-10-3-1-2-7-16(23)22-24)20-15-6-4-5-13(11-15)18(26)21-14-8-9-14/h4-6,11,14H,1-3,7-10,12H2,(H,20,25)(H,21,26). The molecule has 0 bridgehead atoms. The van der Waals surface area contributed by atoms with Crippen LogP contribution in [0.1, 0.15) is 48.3 Å². The van der Waals surface area contributed by atoms with E-state index in [1.54, 1.807) is 28.8 Å². The van der Waals surface area contributed by atoms with Gasteiger partial charge in [-0.05, 0) is 43.9 Å². The highest BCUT2D eigenvalue weighted by Crippen LogP contribution is 2.20. The first-order chi connectivity index (χ1) is 13.1.